The first-order valence-corrected chi connectivity index (χ1v) is 14.6. The fourth-order valence-corrected chi connectivity index (χ4v) is 8.19. The maximum Gasteiger partial charge on any atom is 0.243 e. The van der Waals surface area contributed by atoms with E-state index >= 15 is 0 Å². The maximum atomic E-state index is 13.9. The van der Waals surface area contributed by atoms with Crippen LogP contribution in [0.2, 0.25) is 0 Å². The van der Waals surface area contributed by atoms with Crippen molar-refractivity contribution in [3.63, 3.8) is 0 Å². The number of halogens is 1. The molecule has 3 fully saturated rings. The summed E-state index contributed by atoms with van der Waals surface area (Å²) in [6.45, 7) is 6.28. The number of hydrogen-bond donors (Lipinski definition) is 2. The van der Waals surface area contributed by atoms with Gasteiger partial charge in [-0.2, -0.15) is 4.31 Å². The Kier molecular flexibility index (Phi) is 7.52. The zero-order valence-electron chi connectivity index (χ0n) is 21.2. The number of fused-ring (bicyclic) bond motifs is 1. The topological polar surface area (TPSA) is 72.9 Å². The predicted molar refractivity (Wildman–Crippen MR) is 139 cm³/mol. The van der Waals surface area contributed by atoms with E-state index in [0.717, 1.165) is 36.9 Å². The lowest BCUT2D eigenvalue weighted by Crippen LogP contribution is -2.67. The number of alkyl halides is 1. The number of rotatable bonds is 5. The Bertz CT molecular complexity index is 1160. The number of piperidine rings is 1. The molecule has 0 amide bonds. The normalized spacial score (nSPS) is 32.2. The van der Waals surface area contributed by atoms with Gasteiger partial charge in [0, 0.05) is 43.6 Å². The van der Waals surface area contributed by atoms with Crippen molar-refractivity contribution in [3.8, 4) is 0 Å². The van der Waals surface area contributed by atoms with Crippen LogP contribution in [-0.4, -0.2) is 73.9 Å². The van der Waals surface area contributed by atoms with Gasteiger partial charge in [0.15, 0.2) is 6.30 Å². The van der Waals surface area contributed by atoms with Crippen LogP contribution < -0.4 is 5.32 Å². The third kappa shape index (κ3) is 4.74. The number of aliphatic hydroxyl groups excluding tert-OH is 1. The molecule has 2 aromatic rings. The van der Waals surface area contributed by atoms with Crippen LogP contribution in [0.15, 0.2) is 53.4 Å². The van der Waals surface area contributed by atoms with E-state index in [-0.39, 0.29) is 36.4 Å². The number of sulfonamides is 1. The summed E-state index contributed by atoms with van der Waals surface area (Å²) < 4.78 is 42.8. The van der Waals surface area contributed by atoms with E-state index in [9.17, 15) is 17.9 Å². The van der Waals surface area contributed by atoms with Gasteiger partial charge >= 0.3 is 0 Å². The second-order valence-corrected chi connectivity index (χ2v) is 12.7. The molecule has 0 spiro atoms. The quantitative estimate of drug-likeness (QED) is 0.596. The molecule has 196 valence electrons. The molecule has 4 unspecified atom stereocenters. The van der Waals surface area contributed by atoms with Crippen molar-refractivity contribution < 1.29 is 17.9 Å². The van der Waals surface area contributed by atoms with Gasteiger partial charge in [-0.25, -0.2) is 12.8 Å². The molecule has 0 aliphatic carbocycles. The third-order valence-corrected chi connectivity index (χ3v) is 10.6. The van der Waals surface area contributed by atoms with E-state index < -0.39 is 16.3 Å². The fraction of sp³-hybridized carbons (Fsp3) is 0.571. The van der Waals surface area contributed by atoms with Crippen LogP contribution in [0, 0.1) is 12.8 Å². The van der Waals surface area contributed by atoms with Crippen molar-refractivity contribution in [1.29, 1.82) is 0 Å². The van der Waals surface area contributed by atoms with Gasteiger partial charge in [-0.05, 0) is 61.4 Å². The van der Waals surface area contributed by atoms with Crippen LogP contribution in [0.1, 0.15) is 54.7 Å². The molecule has 5 rings (SSSR count). The number of nitrogens with one attached hydrogen (secondary N) is 1. The number of benzene rings is 2. The van der Waals surface area contributed by atoms with Crippen molar-refractivity contribution in [1.82, 2.24) is 14.5 Å². The van der Waals surface area contributed by atoms with Gasteiger partial charge < -0.3 is 5.11 Å². The minimum Gasteiger partial charge on any atom is -0.395 e. The summed E-state index contributed by atoms with van der Waals surface area (Å²) in [6.07, 6.45) is 1.59. The first-order chi connectivity index (χ1) is 17.3. The molecule has 0 saturated carbocycles. The fourth-order valence-electron chi connectivity index (χ4n) is 6.46. The molecular weight excluding hydrogens is 477 g/mol. The number of aryl methyl sites for hydroxylation is 1. The molecule has 0 bridgehead atoms. The SMILES string of the molecule is Cc1ccccc1S(=O)(=O)N1CCCCN2C(C1)[C@H](c1ccc(C3CNC(F)C(C)C3)cc1)[C@H]2CO. The van der Waals surface area contributed by atoms with Crippen molar-refractivity contribution in [2.75, 3.05) is 32.8 Å². The Morgan fingerprint density at radius 1 is 1.06 bits per heavy atom. The van der Waals surface area contributed by atoms with E-state index in [1.54, 1.807) is 16.4 Å². The summed E-state index contributed by atoms with van der Waals surface area (Å²) in [7, 11) is -3.61. The number of aliphatic hydroxyl groups is 1. The molecule has 8 heteroatoms. The predicted octanol–water partition coefficient (Wildman–Crippen LogP) is 3.62. The van der Waals surface area contributed by atoms with Crippen LogP contribution in [0.5, 0.6) is 0 Å². The Hall–Kier alpha value is -1.84. The van der Waals surface area contributed by atoms with Gasteiger partial charge in [0.25, 0.3) is 0 Å². The van der Waals surface area contributed by atoms with Crippen LogP contribution in [0.3, 0.4) is 0 Å². The molecule has 2 aromatic carbocycles. The van der Waals surface area contributed by atoms with Crippen LogP contribution in [-0.2, 0) is 10.0 Å². The van der Waals surface area contributed by atoms with E-state index in [1.165, 1.54) is 5.56 Å². The van der Waals surface area contributed by atoms with Gasteiger partial charge in [0.1, 0.15) is 0 Å². The van der Waals surface area contributed by atoms with E-state index in [0.29, 0.717) is 24.5 Å². The van der Waals surface area contributed by atoms with E-state index in [4.69, 9.17) is 0 Å². The summed E-state index contributed by atoms with van der Waals surface area (Å²) in [5.74, 6) is 0.331. The average molecular weight is 516 g/mol. The lowest BCUT2D eigenvalue weighted by molar-refractivity contribution is -0.0554. The highest BCUT2D eigenvalue weighted by atomic mass is 32.2. The summed E-state index contributed by atoms with van der Waals surface area (Å²) in [5, 5.41) is 13.2. The molecule has 36 heavy (non-hydrogen) atoms. The summed E-state index contributed by atoms with van der Waals surface area (Å²) >= 11 is 0. The van der Waals surface area contributed by atoms with E-state index in [2.05, 4.69) is 34.5 Å². The van der Waals surface area contributed by atoms with Crippen molar-refractivity contribution in [2.24, 2.45) is 5.92 Å². The average Bonchev–Trinajstić information content (AvgIpc) is 2.85. The standard InChI is InChI=1S/C28H38FN3O3S/c1-19-7-3-4-8-26(19)36(34,35)31-13-5-6-14-32-24(17-31)27(25(32)18-33)22-11-9-21(10-12-22)23-15-20(2)28(29)30-16-23/h3-4,7-12,20,23-25,27-28,30,33H,5-6,13-18H2,1-2H3/t20?,23?,24?,25-,27+,28?/m1/s1. The molecule has 3 aliphatic rings. The van der Waals surface area contributed by atoms with Crippen molar-refractivity contribution in [2.45, 2.75) is 68.2 Å². The molecule has 6 atom stereocenters. The highest BCUT2D eigenvalue weighted by Gasteiger charge is 2.50. The third-order valence-electron chi connectivity index (χ3n) is 8.55. The maximum absolute atomic E-state index is 13.9. The molecular formula is C28H38FN3O3S. The number of nitrogens with zero attached hydrogens (tertiary/aromatic N) is 2. The molecule has 3 heterocycles. The van der Waals surface area contributed by atoms with Crippen LogP contribution in [0.4, 0.5) is 4.39 Å². The minimum absolute atomic E-state index is 0.00868. The van der Waals surface area contributed by atoms with Gasteiger partial charge in [-0.1, -0.05) is 49.4 Å². The zero-order valence-corrected chi connectivity index (χ0v) is 22.0. The molecule has 2 N–H and O–H groups in total. The van der Waals surface area contributed by atoms with Crippen molar-refractivity contribution in [3.05, 3.63) is 65.2 Å². The Morgan fingerprint density at radius 3 is 2.44 bits per heavy atom. The molecule has 0 radical (unpaired) electrons. The smallest absolute Gasteiger partial charge is 0.243 e. The zero-order chi connectivity index (χ0) is 25.4. The monoisotopic (exact) mass is 515 g/mol. The Labute approximate surface area is 214 Å². The lowest BCUT2D eigenvalue weighted by atomic mass is 9.74. The molecule has 3 aliphatic heterocycles. The number of hydrogen-bond acceptors (Lipinski definition) is 5. The Balaban J connectivity index is 1.38. The molecule has 0 aromatic heterocycles. The summed E-state index contributed by atoms with van der Waals surface area (Å²) in [5.41, 5.74) is 3.09. The van der Waals surface area contributed by atoms with E-state index in [1.807, 2.05) is 26.0 Å². The van der Waals surface area contributed by atoms with Gasteiger partial charge in [0.2, 0.25) is 10.0 Å². The minimum atomic E-state index is -3.61. The summed E-state index contributed by atoms with van der Waals surface area (Å²) in [6, 6.07) is 15.7. The molecule has 6 nitrogen and oxygen atoms in total. The van der Waals surface area contributed by atoms with Gasteiger partial charge in [0.05, 0.1) is 11.5 Å². The first-order valence-electron chi connectivity index (χ1n) is 13.2. The van der Waals surface area contributed by atoms with Crippen LogP contribution >= 0.6 is 0 Å². The highest BCUT2D eigenvalue weighted by molar-refractivity contribution is 7.89. The highest BCUT2D eigenvalue weighted by Crippen LogP contribution is 2.43. The van der Waals surface area contributed by atoms with Gasteiger partial charge in [-0.15, -0.1) is 0 Å². The lowest BCUT2D eigenvalue weighted by Gasteiger charge is -2.57. The largest absolute Gasteiger partial charge is 0.395 e. The summed E-state index contributed by atoms with van der Waals surface area (Å²) in [4.78, 5) is 2.67. The Morgan fingerprint density at radius 2 is 1.75 bits per heavy atom. The second-order valence-electron chi connectivity index (χ2n) is 10.8. The van der Waals surface area contributed by atoms with Gasteiger partial charge in [-0.3, -0.25) is 10.2 Å². The van der Waals surface area contributed by atoms with Crippen LogP contribution in [0.25, 0.3) is 0 Å². The van der Waals surface area contributed by atoms with Crippen molar-refractivity contribution >= 4 is 10.0 Å². The first kappa shape index (κ1) is 25.8. The molecule has 3 saturated heterocycles. The second kappa shape index (κ2) is 10.5.